The summed E-state index contributed by atoms with van der Waals surface area (Å²) in [5.41, 5.74) is 0.552. The Bertz CT molecular complexity index is 435. The predicted octanol–water partition coefficient (Wildman–Crippen LogP) is 1.34. The van der Waals surface area contributed by atoms with Gasteiger partial charge in [0.15, 0.2) is 0 Å². The highest BCUT2D eigenvalue weighted by Gasteiger charge is 2.07. The van der Waals surface area contributed by atoms with Gasteiger partial charge in [0.05, 0.1) is 19.3 Å². The highest BCUT2D eigenvalue weighted by Crippen LogP contribution is 2.22. The van der Waals surface area contributed by atoms with E-state index in [4.69, 9.17) is 4.74 Å². The normalized spacial score (nSPS) is 9.58. The molecule has 6 nitrogen and oxygen atoms in total. The van der Waals surface area contributed by atoms with Crippen molar-refractivity contribution in [2.24, 2.45) is 0 Å². The topological polar surface area (TPSA) is 79.5 Å². The number of methoxy groups -OCH3 is 1. The number of rotatable bonds is 6. The Kier molecular flexibility index (Phi) is 6.21. The monoisotopic (exact) mass is 265 g/mol. The number of amides is 3. The summed E-state index contributed by atoms with van der Waals surface area (Å²) >= 11 is 0. The average molecular weight is 265 g/mol. The number of ether oxygens (including phenoxy) is 1. The van der Waals surface area contributed by atoms with Crippen molar-refractivity contribution in [3.05, 3.63) is 24.3 Å². The van der Waals surface area contributed by atoms with Gasteiger partial charge >= 0.3 is 6.03 Å². The zero-order valence-corrected chi connectivity index (χ0v) is 11.2. The molecule has 0 aromatic heterocycles. The van der Waals surface area contributed by atoms with Gasteiger partial charge in [-0.15, -0.1) is 0 Å². The molecule has 1 aromatic rings. The lowest BCUT2D eigenvalue weighted by molar-refractivity contribution is -0.120. The molecule has 0 fully saturated rings. The zero-order chi connectivity index (χ0) is 14.1. The van der Waals surface area contributed by atoms with Crippen LogP contribution in [0.4, 0.5) is 10.5 Å². The van der Waals surface area contributed by atoms with Crippen LogP contribution in [0.2, 0.25) is 0 Å². The molecular formula is C13H19N3O3. The van der Waals surface area contributed by atoms with Crippen LogP contribution in [0.1, 0.15) is 13.3 Å². The van der Waals surface area contributed by atoms with Crippen molar-refractivity contribution in [2.75, 3.05) is 25.5 Å². The van der Waals surface area contributed by atoms with Gasteiger partial charge < -0.3 is 20.7 Å². The SMILES string of the molecule is CCCNC(=O)CNC(=O)Nc1ccccc1OC. The first-order chi connectivity index (χ1) is 9.17. The van der Waals surface area contributed by atoms with E-state index in [-0.39, 0.29) is 12.5 Å². The first-order valence-corrected chi connectivity index (χ1v) is 6.12. The van der Waals surface area contributed by atoms with Crippen LogP contribution in [-0.2, 0) is 4.79 Å². The molecule has 19 heavy (non-hydrogen) atoms. The predicted molar refractivity (Wildman–Crippen MR) is 73.3 cm³/mol. The maximum absolute atomic E-state index is 11.6. The molecule has 0 radical (unpaired) electrons. The molecule has 0 saturated heterocycles. The zero-order valence-electron chi connectivity index (χ0n) is 11.2. The van der Waals surface area contributed by atoms with Crippen LogP contribution in [0, 0.1) is 0 Å². The number of para-hydroxylation sites is 2. The third-order valence-electron chi connectivity index (χ3n) is 2.34. The number of urea groups is 1. The number of hydrogen-bond donors (Lipinski definition) is 3. The number of carbonyl (C=O) groups is 2. The minimum Gasteiger partial charge on any atom is -0.495 e. The lowest BCUT2D eigenvalue weighted by Crippen LogP contribution is -2.39. The maximum atomic E-state index is 11.6. The summed E-state index contributed by atoms with van der Waals surface area (Å²) < 4.78 is 5.10. The van der Waals surface area contributed by atoms with Crippen molar-refractivity contribution in [3.8, 4) is 5.75 Å². The van der Waals surface area contributed by atoms with Gasteiger partial charge in [-0.3, -0.25) is 4.79 Å². The van der Waals surface area contributed by atoms with Crippen LogP contribution < -0.4 is 20.7 Å². The molecule has 0 aliphatic rings. The van der Waals surface area contributed by atoms with E-state index < -0.39 is 6.03 Å². The molecule has 3 amide bonds. The van der Waals surface area contributed by atoms with Gasteiger partial charge in [-0.2, -0.15) is 0 Å². The Morgan fingerprint density at radius 1 is 1.21 bits per heavy atom. The average Bonchev–Trinajstić information content (AvgIpc) is 2.43. The van der Waals surface area contributed by atoms with E-state index >= 15 is 0 Å². The molecule has 6 heteroatoms. The van der Waals surface area contributed by atoms with Crippen LogP contribution in [0.5, 0.6) is 5.75 Å². The summed E-state index contributed by atoms with van der Waals surface area (Å²) in [6.45, 7) is 2.51. The van der Waals surface area contributed by atoms with Crippen LogP contribution >= 0.6 is 0 Å². The lowest BCUT2D eigenvalue weighted by atomic mass is 10.3. The van der Waals surface area contributed by atoms with Crippen LogP contribution in [0.3, 0.4) is 0 Å². The van der Waals surface area contributed by atoms with E-state index in [2.05, 4.69) is 16.0 Å². The molecule has 1 aromatic carbocycles. The molecule has 0 aliphatic carbocycles. The molecule has 1 rings (SSSR count). The van der Waals surface area contributed by atoms with Crippen molar-refractivity contribution in [3.63, 3.8) is 0 Å². The molecule has 0 unspecified atom stereocenters. The van der Waals surface area contributed by atoms with Crippen molar-refractivity contribution in [1.82, 2.24) is 10.6 Å². The lowest BCUT2D eigenvalue weighted by Gasteiger charge is -2.10. The molecule has 0 saturated carbocycles. The van der Waals surface area contributed by atoms with Crippen molar-refractivity contribution >= 4 is 17.6 Å². The number of benzene rings is 1. The summed E-state index contributed by atoms with van der Waals surface area (Å²) in [6.07, 6.45) is 0.860. The first-order valence-electron chi connectivity index (χ1n) is 6.12. The summed E-state index contributed by atoms with van der Waals surface area (Å²) in [7, 11) is 1.52. The molecule has 0 spiro atoms. The second kappa shape index (κ2) is 7.97. The van der Waals surface area contributed by atoms with Gasteiger partial charge in [-0.25, -0.2) is 4.79 Å². The summed E-state index contributed by atoms with van der Waals surface area (Å²) in [5.74, 6) is 0.352. The van der Waals surface area contributed by atoms with E-state index in [0.717, 1.165) is 6.42 Å². The molecule has 104 valence electrons. The van der Waals surface area contributed by atoms with Crippen LogP contribution in [0.15, 0.2) is 24.3 Å². The third-order valence-corrected chi connectivity index (χ3v) is 2.34. The second-order valence-electron chi connectivity index (χ2n) is 3.86. The van der Waals surface area contributed by atoms with Gasteiger partial charge in [-0.05, 0) is 18.6 Å². The Morgan fingerprint density at radius 2 is 1.95 bits per heavy atom. The summed E-state index contributed by atoms with van der Waals surface area (Å²) in [4.78, 5) is 22.9. The molecule has 0 atom stereocenters. The van der Waals surface area contributed by atoms with Gasteiger partial charge in [0.2, 0.25) is 5.91 Å². The fourth-order valence-electron chi connectivity index (χ4n) is 1.40. The molecule has 3 N–H and O–H groups in total. The Hall–Kier alpha value is -2.24. The third kappa shape index (κ3) is 5.29. The van der Waals surface area contributed by atoms with Crippen molar-refractivity contribution in [2.45, 2.75) is 13.3 Å². The van der Waals surface area contributed by atoms with Crippen molar-refractivity contribution < 1.29 is 14.3 Å². The van der Waals surface area contributed by atoms with E-state index in [0.29, 0.717) is 18.0 Å². The number of hydrogen-bond acceptors (Lipinski definition) is 3. The summed E-state index contributed by atoms with van der Waals surface area (Å²) in [5, 5.41) is 7.76. The minimum atomic E-state index is -0.448. The van der Waals surface area contributed by atoms with E-state index in [1.54, 1.807) is 24.3 Å². The highest BCUT2D eigenvalue weighted by molar-refractivity contribution is 5.93. The quantitative estimate of drug-likeness (QED) is 0.726. The van der Waals surface area contributed by atoms with Crippen molar-refractivity contribution in [1.29, 1.82) is 0 Å². The number of anilines is 1. The van der Waals surface area contributed by atoms with E-state index in [1.165, 1.54) is 7.11 Å². The Balaban J connectivity index is 2.41. The molecule has 0 aliphatic heterocycles. The van der Waals surface area contributed by atoms with Gasteiger partial charge in [-0.1, -0.05) is 19.1 Å². The molecule has 0 heterocycles. The first kappa shape index (κ1) is 14.8. The highest BCUT2D eigenvalue weighted by atomic mass is 16.5. The largest absolute Gasteiger partial charge is 0.495 e. The summed E-state index contributed by atoms with van der Waals surface area (Å²) in [6, 6.07) is 6.60. The fraction of sp³-hybridized carbons (Fsp3) is 0.385. The Morgan fingerprint density at radius 3 is 2.63 bits per heavy atom. The number of nitrogens with one attached hydrogen (secondary N) is 3. The van der Waals surface area contributed by atoms with E-state index in [9.17, 15) is 9.59 Å². The van der Waals surface area contributed by atoms with Gasteiger partial charge in [0.1, 0.15) is 5.75 Å². The van der Waals surface area contributed by atoms with Gasteiger partial charge in [0.25, 0.3) is 0 Å². The van der Waals surface area contributed by atoms with Crippen LogP contribution in [-0.4, -0.2) is 32.1 Å². The maximum Gasteiger partial charge on any atom is 0.319 e. The smallest absolute Gasteiger partial charge is 0.319 e. The van der Waals surface area contributed by atoms with Crippen LogP contribution in [0.25, 0.3) is 0 Å². The standard InChI is InChI=1S/C13H19N3O3/c1-3-8-14-12(17)9-15-13(18)16-10-6-4-5-7-11(10)19-2/h4-7H,3,8-9H2,1-2H3,(H,14,17)(H2,15,16,18). The van der Waals surface area contributed by atoms with E-state index in [1.807, 2.05) is 6.92 Å². The number of carbonyl (C=O) groups excluding carboxylic acids is 2. The minimum absolute atomic E-state index is 0.0546. The Labute approximate surface area is 112 Å². The second-order valence-corrected chi connectivity index (χ2v) is 3.86. The fourth-order valence-corrected chi connectivity index (χ4v) is 1.40. The molecular weight excluding hydrogens is 246 g/mol. The molecule has 0 bridgehead atoms. The van der Waals surface area contributed by atoms with Gasteiger partial charge in [0, 0.05) is 6.54 Å².